The molecule has 0 bridgehead atoms. The van der Waals surface area contributed by atoms with Crippen molar-refractivity contribution in [3.05, 3.63) is 0 Å². The van der Waals surface area contributed by atoms with Crippen molar-refractivity contribution in [3.63, 3.8) is 0 Å². The fourth-order valence-corrected chi connectivity index (χ4v) is 3.73. The molecule has 2 amide bonds. The summed E-state index contributed by atoms with van der Waals surface area (Å²) in [6.07, 6.45) is 5.06. The molecule has 0 unspecified atom stereocenters. The Morgan fingerprint density at radius 3 is 2.39 bits per heavy atom. The van der Waals surface area contributed by atoms with Gasteiger partial charge in [-0.15, -0.1) is 0 Å². The van der Waals surface area contributed by atoms with Crippen LogP contribution in [0.5, 0.6) is 0 Å². The number of piperidine rings is 1. The van der Waals surface area contributed by atoms with Crippen molar-refractivity contribution in [3.8, 4) is 0 Å². The van der Waals surface area contributed by atoms with Gasteiger partial charge in [0.25, 0.3) is 0 Å². The highest BCUT2D eigenvalue weighted by Gasteiger charge is 2.35. The monoisotopic (exact) mass is 323 g/mol. The Morgan fingerprint density at radius 1 is 1.13 bits per heavy atom. The molecular weight excluding hydrogens is 290 g/mol. The maximum atomic E-state index is 12.6. The molecular formula is C18H33N3O2. The highest BCUT2D eigenvalue weighted by atomic mass is 16.2. The predicted octanol–water partition coefficient (Wildman–Crippen LogP) is 1.87. The van der Waals surface area contributed by atoms with Gasteiger partial charge in [-0.3, -0.25) is 9.59 Å². The highest BCUT2D eigenvalue weighted by molar-refractivity contribution is 5.84. The van der Waals surface area contributed by atoms with Crippen molar-refractivity contribution in [1.82, 2.24) is 15.1 Å². The summed E-state index contributed by atoms with van der Waals surface area (Å²) in [6, 6.07) is 0.870. The Bertz CT molecular complexity index is 442. The van der Waals surface area contributed by atoms with Crippen LogP contribution in [0.25, 0.3) is 0 Å². The number of nitrogens with zero attached hydrogens (tertiary/aromatic N) is 2. The number of rotatable bonds is 3. The Labute approximate surface area is 140 Å². The van der Waals surface area contributed by atoms with E-state index in [0.29, 0.717) is 18.6 Å². The molecule has 1 N–H and O–H groups in total. The number of carbonyl (C=O) groups is 2. The minimum atomic E-state index is -0.372. The molecule has 0 spiro atoms. The molecule has 23 heavy (non-hydrogen) atoms. The van der Waals surface area contributed by atoms with E-state index in [1.807, 2.05) is 25.7 Å². The lowest BCUT2D eigenvalue weighted by molar-refractivity contribution is -0.142. The van der Waals surface area contributed by atoms with Crippen LogP contribution in [0.3, 0.4) is 0 Å². The van der Waals surface area contributed by atoms with Gasteiger partial charge in [-0.1, -0.05) is 20.8 Å². The molecule has 1 heterocycles. The topological polar surface area (TPSA) is 52.7 Å². The number of amides is 2. The lowest BCUT2D eigenvalue weighted by atomic mass is 9.90. The second-order valence-corrected chi connectivity index (χ2v) is 8.48. The first kappa shape index (κ1) is 18.2. The van der Waals surface area contributed by atoms with Crippen LogP contribution in [0.4, 0.5) is 0 Å². The SMILES string of the molecule is CN(C)[C@@H]1CC[C@@H](NC(=O)[C@H]2CCCN(C(=O)C(C)(C)C)C2)C1. The van der Waals surface area contributed by atoms with Gasteiger partial charge in [-0.25, -0.2) is 0 Å². The average molecular weight is 323 g/mol. The fourth-order valence-electron chi connectivity index (χ4n) is 3.73. The molecule has 5 nitrogen and oxygen atoms in total. The fraction of sp³-hybridized carbons (Fsp3) is 0.889. The summed E-state index contributed by atoms with van der Waals surface area (Å²) in [5, 5.41) is 3.23. The number of nitrogens with one attached hydrogen (secondary N) is 1. The zero-order valence-electron chi connectivity index (χ0n) is 15.4. The Balaban J connectivity index is 1.86. The van der Waals surface area contributed by atoms with Crippen molar-refractivity contribution < 1.29 is 9.59 Å². The standard InChI is InChI=1S/C18H33N3O2/c1-18(2,3)17(23)21-10-6-7-13(12-21)16(22)19-14-8-9-15(11-14)20(4)5/h13-15H,6-12H2,1-5H3,(H,19,22)/t13-,14+,15+/m0/s1. The summed E-state index contributed by atoms with van der Waals surface area (Å²) >= 11 is 0. The second kappa shape index (κ2) is 7.20. The van der Waals surface area contributed by atoms with Crippen LogP contribution in [-0.4, -0.2) is 60.9 Å². The van der Waals surface area contributed by atoms with Gasteiger partial charge in [0.05, 0.1) is 5.92 Å². The van der Waals surface area contributed by atoms with Crippen LogP contribution in [0.15, 0.2) is 0 Å². The molecule has 2 aliphatic rings. The lowest BCUT2D eigenvalue weighted by Crippen LogP contribution is -2.49. The first-order chi connectivity index (χ1) is 10.7. The van der Waals surface area contributed by atoms with Crippen LogP contribution in [0.1, 0.15) is 52.9 Å². The van der Waals surface area contributed by atoms with E-state index in [0.717, 1.165) is 38.6 Å². The number of hydrogen-bond donors (Lipinski definition) is 1. The number of hydrogen-bond acceptors (Lipinski definition) is 3. The van der Waals surface area contributed by atoms with Gasteiger partial charge in [-0.2, -0.15) is 0 Å². The molecule has 0 radical (unpaired) electrons. The van der Waals surface area contributed by atoms with Crippen molar-refractivity contribution in [2.24, 2.45) is 11.3 Å². The normalized spacial score (nSPS) is 29.0. The maximum Gasteiger partial charge on any atom is 0.227 e. The summed E-state index contributed by atoms with van der Waals surface area (Å²) in [5.74, 6) is 0.248. The van der Waals surface area contributed by atoms with Crippen molar-refractivity contribution in [1.29, 1.82) is 0 Å². The first-order valence-electron chi connectivity index (χ1n) is 8.94. The van der Waals surface area contributed by atoms with Gasteiger partial charge >= 0.3 is 0 Å². The predicted molar refractivity (Wildman–Crippen MR) is 92.0 cm³/mol. The summed E-state index contributed by atoms with van der Waals surface area (Å²) in [4.78, 5) is 29.2. The van der Waals surface area contributed by atoms with E-state index in [-0.39, 0.29) is 23.1 Å². The van der Waals surface area contributed by atoms with Gasteiger partial charge in [0.1, 0.15) is 0 Å². The van der Waals surface area contributed by atoms with Crippen LogP contribution in [0, 0.1) is 11.3 Å². The van der Waals surface area contributed by atoms with Gasteiger partial charge in [0.2, 0.25) is 11.8 Å². The Hall–Kier alpha value is -1.10. The van der Waals surface area contributed by atoms with Crippen LogP contribution < -0.4 is 5.32 Å². The maximum absolute atomic E-state index is 12.6. The molecule has 2 rings (SSSR count). The van der Waals surface area contributed by atoms with Gasteiger partial charge < -0.3 is 15.1 Å². The third-order valence-electron chi connectivity index (χ3n) is 5.20. The first-order valence-corrected chi connectivity index (χ1v) is 8.94. The van der Waals surface area contributed by atoms with E-state index in [1.54, 1.807) is 0 Å². The van der Waals surface area contributed by atoms with Crippen molar-refractivity contribution in [2.75, 3.05) is 27.2 Å². The molecule has 5 heteroatoms. The summed E-state index contributed by atoms with van der Waals surface area (Å²) in [6.45, 7) is 7.19. The molecule has 1 aliphatic heterocycles. The smallest absolute Gasteiger partial charge is 0.227 e. The minimum Gasteiger partial charge on any atom is -0.353 e. The van der Waals surface area contributed by atoms with E-state index in [9.17, 15) is 9.59 Å². The van der Waals surface area contributed by atoms with Crippen LogP contribution in [-0.2, 0) is 9.59 Å². The van der Waals surface area contributed by atoms with E-state index >= 15 is 0 Å². The van der Waals surface area contributed by atoms with E-state index < -0.39 is 0 Å². The van der Waals surface area contributed by atoms with Gasteiger partial charge in [0.15, 0.2) is 0 Å². The van der Waals surface area contributed by atoms with Crippen molar-refractivity contribution >= 4 is 11.8 Å². The molecule has 0 aromatic heterocycles. The highest BCUT2D eigenvalue weighted by Crippen LogP contribution is 2.26. The van der Waals surface area contributed by atoms with Crippen LogP contribution >= 0.6 is 0 Å². The Kier molecular flexibility index (Phi) is 5.71. The van der Waals surface area contributed by atoms with E-state index in [2.05, 4.69) is 24.3 Å². The van der Waals surface area contributed by atoms with Gasteiger partial charge in [0, 0.05) is 30.6 Å². The summed E-state index contributed by atoms with van der Waals surface area (Å²) in [5.41, 5.74) is -0.372. The summed E-state index contributed by atoms with van der Waals surface area (Å²) in [7, 11) is 4.21. The van der Waals surface area contributed by atoms with Crippen LogP contribution in [0.2, 0.25) is 0 Å². The molecule has 1 saturated carbocycles. The van der Waals surface area contributed by atoms with E-state index in [1.165, 1.54) is 0 Å². The third-order valence-corrected chi connectivity index (χ3v) is 5.20. The van der Waals surface area contributed by atoms with E-state index in [4.69, 9.17) is 0 Å². The average Bonchev–Trinajstić information content (AvgIpc) is 2.94. The van der Waals surface area contributed by atoms with Crippen molar-refractivity contribution in [2.45, 2.75) is 65.0 Å². The molecule has 1 saturated heterocycles. The molecule has 1 aliphatic carbocycles. The zero-order chi connectivity index (χ0) is 17.2. The number of likely N-dealkylation sites (tertiary alicyclic amines) is 1. The zero-order valence-corrected chi connectivity index (χ0v) is 15.4. The molecule has 0 aromatic carbocycles. The quantitative estimate of drug-likeness (QED) is 0.863. The second-order valence-electron chi connectivity index (χ2n) is 8.48. The molecule has 3 atom stereocenters. The molecule has 2 fully saturated rings. The molecule has 0 aromatic rings. The minimum absolute atomic E-state index is 0.0477. The Morgan fingerprint density at radius 2 is 1.83 bits per heavy atom. The molecule has 132 valence electrons. The lowest BCUT2D eigenvalue weighted by Gasteiger charge is -2.36. The summed E-state index contributed by atoms with van der Waals surface area (Å²) < 4.78 is 0. The number of carbonyl (C=O) groups excluding carboxylic acids is 2. The van der Waals surface area contributed by atoms with Gasteiger partial charge in [-0.05, 0) is 46.2 Å². The third kappa shape index (κ3) is 4.69. The largest absolute Gasteiger partial charge is 0.353 e.